The molecule has 1 saturated carbocycles. The van der Waals surface area contributed by atoms with E-state index in [9.17, 15) is 4.79 Å². The summed E-state index contributed by atoms with van der Waals surface area (Å²) < 4.78 is 0. The van der Waals surface area contributed by atoms with Gasteiger partial charge in [0, 0.05) is 45.2 Å². The molecule has 0 atom stereocenters. The first-order chi connectivity index (χ1) is 12.1. The second kappa shape index (κ2) is 15.5. The Morgan fingerprint density at radius 1 is 1.08 bits per heavy atom. The molecule has 0 aromatic carbocycles. The van der Waals surface area contributed by atoms with Gasteiger partial charge in [-0.1, -0.05) is 19.3 Å². The number of carbonyl (C=O) groups excluding carboxylic acids is 1. The van der Waals surface area contributed by atoms with Gasteiger partial charge >= 0.3 is 0 Å². The van der Waals surface area contributed by atoms with Crippen LogP contribution in [0.25, 0.3) is 0 Å². The summed E-state index contributed by atoms with van der Waals surface area (Å²) in [6.45, 7) is 10.9. The number of rotatable bonds is 10. The minimum absolute atomic E-state index is 0. The van der Waals surface area contributed by atoms with Gasteiger partial charge in [0.2, 0.25) is 5.91 Å². The molecule has 7 heteroatoms. The second-order valence-electron chi connectivity index (χ2n) is 6.78. The predicted molar refractivity (Wildman–Crippen MR) is 121 cm³/mol. The largest absolute Gasteiger partial charge is 0.357 e. The van der Waals surface area contributed by atoms with Crippen molar-refractivity contribution in [3.05, 3.63) is 0 Å². The molecule has 1 aliphatic carbocycles. The third kappa shape index (κ3) is 9.94. The van der Waals surface area contributed by atoms with Crippen molar-refractivity contribution in [2.45, 2.75) is 65.3 Å². The summed E-state index contributed by atoms with van der Waals surface area (Å²) in [5, 5.41) is 6.54. The van der Waals surface area contributed by atoms with Crippen molar-refractivity contribution in [1.82, 2.24) is 20.4 Å². The van der Waals surface area contributed by atoms with Crippen molar-refractivity contribution in [2.75, 3.05) is 46.3 Å². The number of nitrogens with zero attached hydrogens (tertiary/aromatic N) is 3. The summed E-state index contributed by atoms with van der Waals surface area (Å²) in [6.07, 6.45) is 7.28. The van der Waals surface area contributed by atoms with E-state index in [4.69, 9.17) is 0 Å². The standard InChI is InChI=1S/C19H39N5O.HI/c1-5-20-19(21-14-13-18(25)24(6-2)7-3)22-15-16-23(4)17-11-9-8-10-12-17;/h17H,5-16H2,1-4H3,(H2,20,21,22);1H. The molecule has 0 bridgehead atoms. The van der Waals surface area contributed by atoms with E-state index < -0.39 is 0 Å². The Hall–Kier alpha value is -0.570. The number of amides is 1. The Morgan fingerprint density at radius 2 is 1.73 bits per heavy atom. The Kier molecular flexibility index (Phi) is 15.1. The van der Waals surface area contributed by atoms with Gasteiger partial charge in [0.05, 0.1) is 6.54 Å². The van der Waals surface area contributed by atoms with E-state index in [-0.39, 0.29) is 29.9 Å². The summed E-state index contributed by atoms with van der Waals surface area (Å²) in [6, 6.07) is 0.728. The molecular weight excluding hydrogens is 441 g/mol. The third-order valence-corrected chi connectivity index (χ3v) is 5.01. The van der Waals surface area contributed by atoms with Crippen LogP contribution >= 0.6 is 24.0 Å². The van der Waals surface area contributed by atoms with Gasteiger partial charge in [-0.2, -0.15) is 0 Å². The topological polar surface area (TPSA) is 60.0 Å². The summed E-state index contributed by atoms with van der Waals surface area (Å²) in [5.74, 6) is 1.01. The van der Waals surface area contributed by atoms with Gasteiger partial charge in [-0.25, -0.2) is 0 Å². The molecule has 1 fully saturated rings. The Morgan fingerprint density at radius 3 is 2.31 bits per heavy atom. The van der Waals surface area contributed by atoms with Crippen LogP contribution in [-0.2, 0) is 4.79 Å². The number of guanidine groups is 1. The molecule has 26 heavy (non-hydrogen) atoms. The van der Waals surface area contributed by atoms with Crippen molar-refractivity contribution in [1.29, 1.82) is 0 Å². The number of halogens is 1. The average Bonchev–Trinajstić information content (AvgIpc) is 2.63. The van der Waals surface area contributed by atoms with E-state index in [1.54, 1.807) is 0 Å². The fourth-order valence-corrected chi connectivity index (χ4v) is 3.39. The van der Waals surface area contributed by atoms with Gasteiger partial charge in [-0.3, -0.25) is 9.79 Å². The van der Waals surface area contributed by atoms with E-state index in [0.717, 1.165) is 44.7 Å². The van der Waals surface area contributed by atoms with Crippen LogP contribution in [0.5, 0.6) is 0 Å². The van der Waals surface area contributed by atoms with Crippen molar-refractivity contribution in [3.63, 3.8) is 0 Å². The third-order valence-electron chi connectivity index (χ3n) is 5.01. The average molecular weight is 481 g/mol. The molecule has 154 valence electrons. The molecule has 1 rings (SSSR count). The molecule has 0 saturated heterocycles. The normalized spacial score (nSPS) is 15.5. The molecule has 1 aliphatic rings. The van der Waals surface area contributed by atoms with Crippen molar-refractivity contribution < 1.29 is 4.79 Å². The highest BCUT2D eigenvalue weighted by Gasteiger charge is 2.17. The molecule has 2 N–H and O–H groups in total. The number of aliphatic imine (C=N–C) groups is 1. The molecule has 0 aromatic heterocycles. The van der Waals surface area contributed by atoms with Crippen LogP contribution in [0, 0.1) is 0 Å². The van der Waals surface area contributed by atoms with Crippen LogP contribution in [-0.4, -0.2) is 74.0 Å². The molecule has 0 heterocycles. The second-order valence-corrected chi connectivity index (χ2v) is 6.78. The van der Waals surface area contributed by atoms with Gasteiger partial charge in [0.1, 0.15) is 0 Å². The van der Waals surface area contributed by atoms with E-state index in [1.807, 2.05) is 18.7 Å². The molecule has 0 aromatic rings. The number of likely N-dealkylation sites (N-methyl/N-ethyl adjacent to an activating group) is 1. The highest BCUT2D eigenvalue weighted by Crippen LogP contribution is 2.21. The lowest BCUT2D eigenvalue weighted by Gasteiger charge is -2.30. The lowest BCUT2D eigenvalue weighted by Crippen LogP contribution is -2.41. The van der Waals surface area contributed by atoms with E-state index in [0.29, 0.717) is 13.0 Å². The van der Waals surface area contributed by atoms with Crippen LogP contribution in [0.2, 0.25) is 0 Å². The quantitative estimate of drug-likeness (QED) is 0.286. The van der Waals surface area contributed by atoms with Gasteiger partial charge < -0.3 is 20.4 Å². The maximum absolute atomic E-state index is 12.0. The summed E-state index contributed by atoms with van der Waals surface area (Å²) >= 11 is 0. The van der Waals surface area contributed by atoms with E-state index in [1.165, 1.54) is 32.1 Å². The SMILES string of the molecule is CCNC(=NCCN(C)C1CCCCC1)NCCC(=O)N(CC)CC.I. The lowest BCUT2D eigenvalue weighted by molar-refractivity contribution is -0.130. The zero-order chi connectivity index (χ0) is 18.5. The van der Waals surface area contributed by atoms with Crippen LogP contribution in [0.4, 0.5) is 0 Å². The van der Waals surface area contributed by atoms with Crippen LogP contribution in [0.1, 0.15) is 59.3 Å². The lowest BCUT2D eigenvalue weighted by atomic mass is 9.94. The maximum Gasteiger partial charge on any atom is 0.224 e. The highest BCUT2D eigenvalue weighted by molar-refractivity contribution is 14.0. The van der Waals surface area contributed by atoms with Crippen molar-refractivity contribution in [3.8, 4) is 0 Å². The zero-order valence-corrected chi connectivity index (χ0v) is 19.6. The molecule has 1 amide bonds. The van der Waals surface area contributed by atoms with E-state index >= 15 is 0 Å². The minimum atomic E-state index is 0. The molecule has 6 nitrogen and oxygen atoms in total. The molecule has 0 unspecified atom stereocenters. The maximum atomic E-state index is 12.0. The first-order valence-electron chi connectivity index (χ1n) is 10.1. The first-order valence-corrected chi connectivity index (χ1v) is 10.1. The molecule has 0 radical (unpaired) electrons. The van der Waals surface area contributed by atoms with Crippen LogP contribution < -0.4 is 10.6 Å². The van der Waals surface area contributed by atoms with Crippen LogP contribution in [0.15, 0.2) is 4.99 Å². The Bertz CT molecular complexity index is 395. The first kappa shape index (κ1) is 25.4. The summed E-state index contributed by atoms with van der Waals surface area (Å²) in [4.78, 5) is 21.0. The Labute approximate surface area is 177 Å². The summed E-state index contributed by atoms with van der Waals surface area (Å²) in [7, 11) is 2.22. The smallest absolute Gasteiger partial charge is 0.224 e. The molecular formula is C19H40IN5O. The molecule has 0 spiro atoms. The van der Waals surface area contributed by atoms with Crippen molar-refractivity contribution in [2.24, 2.45) is 4.99 Å². The van der Waals surface area contributed by atoms with Crippen LogP contribution in [0.3, 0.4) is 0 Å². The number of hydrogen-bond donors (Lipinski definition) is 2. The van der Waals surface area contributed by atoms with E-state index in [2.05, 4.69) is 34.5 Å². The minimum Gasteiger partial charge on any atom is -0.357 e. The monoisotopic (exact) mass is 481 g/mol. The Balaban J connectivity index is 0.00000625. The summed E-state index contributed by atoms with van der Waals surface area (Å²) in [5.41, 5.74) is 0. The fourth-order valence-electron chi connectivity index (χ4n) is 3.39. The number of hydrogen-bond acceptors (Lipinski definition) is 3. The fraction of sp³-hybridized carbons (Fsp3) is 0.895. The number of nitrogens with one attached hydrogen (secondary N) is 2. The van der Waals surface area contributed by atoms with Gasteiger partial charge in [-0.15, -0.1) is 24.0 Å². The highest BCUT2D eigenvalue weighted by atomic mass is 127. The van der Waals surface area contributed by atoms with Gasteiger partial charge in [0.25, 0.3) is 0 Å². The van der Waals surface area contributed by atoms with Gasteiger partial charge in [0.15, 0.2) is 5.96 Å². The number of carbonyl (C=O) groups is 1. The molecule has 0 aliphatic heterocycles. The zero-order valence-electron chi connectivity index (χ0n) is 17.2. The van der Waals surface area contributed by atoms with Crippen molar-refractivity contribution >= 4 is 35.8 Å². The predicted octanol–water partition coefficient (Wildman–Crippen LogP) is 2.68. The van der Waals surface area contributed by atoms with Gasteiger partial charge in [-0.05, 0) is 40.7 Å².